The molecule has 1 aliphatic carbocycles. The van der Waals surface area contributed by atoms with E-state index < -0.39 is 0 Å². The average Bonchev–Trinajstić information content (AvgIpc) is 3.19. The van der Waals surface area contributed by atoms with Crippen molar-refractivity contribution in [3.8, 4) is 0 Å². The molecule has 164 valence electrons. The standard InChI is InChI=1S/C32H26N2/c1-2-14-27-31(26-21-12-13-22-28(26)33)29(23-15-6-3-7-16-23)30(24-17-8-4-9-18-24)32(27)34-25-19-10-5-11-20-25/h2-13,15-22H,1,14,33H2. The van der Waals surface area contributed by atoms with E-state index in [0.29, 0.717) is 6.42 Å². The molecule has 4 aromatic carbocycles. The van der Waals surface area contributed by atoms with Crippen LogP contribution < -0.4 is 5.73 Å². The summed E-state index contributed by atoms with van der Waals surface area (Å²) >= 11 is 0. The summed E-state index contributed by atoms with van der Waals surface area (Å²) in [6, 6.07) is 39.3. The van der Waals surface area contributed by atoms with Gasteiger partial charge in [-0.2, -0.15) is 0 Å². The van der Waals surface area contributed by atoms with Crippen molar-refractivity contribution in [2.24, 2.45) is 4.99 Å². The lowest BCUT2D eigenvalue weighted by Crippen LogP contribution is -2.03. The molecule has 0 saturated heterocycles. The van der Waals surface area contributed by atoms with Crippen LogP contribution in [0.4, 0.5) is 11.4 Å². The number of anilines is 1. The van der Waals surface area contributed by atoms with Crippen molar-refractivity contribution in [3.63, 3.8) is 0 Å². The summed E-state index contributed by atoms with van der Waals surface area (Å²) in [7, 11) is 0. The van der Waals surface area contributed by atoms with Gasteiger partial charge in [0.15, 0.2) is 0 Å². The van der Waals surface area contributed by atoms with Crippen molar-refractivity contribution >= 4 is 33.8 Å². The van der Waals surface area contributed by atoms with Crippen molar-refractivity contribution in [1.82, 2.24) is 0 Å². The van der Waals surface area contributed by atoms with Crippen molar-refractivity contribution in [2.75, 3.05) is 5.73 Å². The monoisotopic (exact) mass is 438 g/mol. The number of rotatable bonds is 6. The molecule has 1 aliphatic rings. The van der Waals surface area contributed by atoms with E-state index in [2.05, 4.69) is 61.2 Å². The Bertz CT molecular complexity index is 1410. The third-order valence-corrected chi connectivity index (χ3v) is 6.03. The van der Waals surface area contributed by atoms with E-state index in [0.717, 1.165) is 56.1 Å². The second-order valence-corrected chi connectivity index (χ2v) is 8.21. The maximum absolute atomic E-state index is 6.56. The van der Waals surface area contributed by atoms with Crippen LogP contribution in [0.2, 0.25) is 0 Å². The average molecular weight is 439 g/mol. The Kier molecular flexibility index (Phi) is 6.05. The number of nitrogens with two attached hydrogens (primary N) is 1. The van der Waals surface area contributed by atoms with Crippen molar-refractivity contribution in [1.29, 1.82) is 0 Å². The number of nitrogen functional groups attached to an aromatic ring is 1. The number of aliphatic imine (C=N–C) groups is 1. The van der Waals surface area contributed by atoms with Gasteiger partial charge in [-0.25, -0.2) is 4.99 Å². The van der Waals surface area contributed by atoms with Gasteiger partial charge >= 0.3 is 0 Å². The van der Waals surface area contributed by atoms with Crippen LogP contribution in [0.15, 0.2) is 138 Å². The second-order valence-electron chi connectivity index (χ2n) is 8.21. The van der Waals surface area contributed by atoms with Crippen molar-refractivity contribution in [3.05, 3.63) is 150 Å². The Morgan fingerprint density at radius 3 is 1.74 bits per heavy atom. The van der Waals surface area contributed by atoms with Crippen molar-refractivity contribution < 1.29 is 0 Å². The predicted molar refractivity (Wildman–Crippen MR) is 146 cm³/mol. The molecular formula is C32H26N2. The molecule has 2 N–H and O–H groups in total. The number of hydrogen-bond donors (Lipinski definition) is 1. The highest BCUT2D eigenvalue weighted by atomic mass is 14.8. The first-order chi connectivity index (χ1) is 16.8. The molecule has 0 saturated carbocycles. The molecule has 34 heavy (non-hydrogen) atoms. The highest BCUT2D eigenvalue weighted by Gasteiger charge is 2.33. The van der Waals surface area contributed by atoms with Gasteiger partial charge in [-0.05, 0) is 52.5 Å². The third kappa shape index (κ3) is 4.02. The van der Waals surface area contributed by atoms with Crippen LogP contribution in [0.3, 0.4) is 0 Å². The minimum atomic E-state index is 0.683. The molecule has 4 aromatic rings. The topological polar surface area (TPSA) is 38.4 Å². The Labute approximate surface area is 201 Å². The van der Waals surface area contributed by atoms with Crippen LogP contribution >= 0.6 is 0 Å². The highest BCUT2D eigenvalue weighted by Crippen LogP contribution is 2.49. The number of benzene rings is 4. The smallest absolute Gasteiger partial charge is 0.0763 e. The molecular weight excluding hydrogens is 412 g/mol. The summed E-state index contributed by atoms with van der Waals surface area (Å²) in [5, 5.41) is 0. The Hall–Kier alpha value is -4.43. The quantitative estimate of drug-likeness (QED) is 0.240. The minimum absolute atomic E-state index is 0.683. The Morgan fingerprint density at radius 1 is 0.618 bits per heavy atom. The normalized spacial score (nSPS) is 14.6. The zero-order valence-corrected chi connectivity index (χ0v) is 19.0. The van der Waals surface area contributed by atoms with Crippen LogP contribution in [0.5, 0.6) is 0 Å². The van der Waals surface area contributed by atoms with Gasteiger partial charge in [-0.15, -0.1) is 6.58 Å². The van der Waals surface area contributed by atoms with Crippen LogP contribution in [-0.4, -0.2) is 5.71 Å². The number of hydrogen-bond acceptors (Lipinski definition) is 2. The van der Waals surface area contributed by atoms with Gasteiger partial charge in [0, 0.05) is 16.8 Å². The van der Waals surface area contributed by atoms with Crippen LogP contribution in [-0.2, 0) is 0 Å². The molecule has 0 unspecified atom stereocenters. The molecule has 0 aromatic heterocycles. The van der Waals surface area contributed by atoms with Gasteiger partial charge in [0.1, 0.15) is 0 Å². The first kappa shape index (κ1) is 21.4. The molecule has 5 rings (SSSR count). The van der Waals surface area contributed by atoms with Crippen LogP contribution in [0.25, 0.3) is 16.7 Å². The van der Waals surface area contributed by atoms with E-state index in [1.54, 1.807) is 0 Å². The lowest BCUT2D eigenvalue weighted by molar-refractivity contribution is 1.33. The lowest BCUT2D eigenvalue weighted by Gasteiger charge is -2.15. The molecule has 0 bridgehead atoms. The van der Waals surface area contributed by atoms with Gasteiger partial charge in [0.2, 0.25) is 0 Å². The summed E-state index contributed by atoms with van der Waals surface area (Å²) < 4.78 is 0. The SMILES string of the molecule is C=CCC1=C(c2ccccc2N)C(c2ccccc2)=C(c2ccccc2)C1=Nc1ccccc1. The maximum atomic E-state index is 6.56. The fraction of sp³-hybridized carbons (Fsp3) is 0.0312. The van der Waals surface area contributed by atoms with E-state index in [9.17, 15) is 0 Å². The predicted octanol–water partition coefficient (Wildman–Crippen LogP) is 8.00. The van der Waals surface area contributed by atoms with E-state index in [1.165, 1.54) is 0 Å². The fourth-order valence-electron chi connectivity index (χ4n) is 4.56. The molecule has 2 nitrogen and oxygen atoms in total. The first-order valence-corrected chi connectivity index (χ1v) is 11.5. The molecule has 0 atom stereocenters. The highest BCUT2D eigenvalue weighted by molar-refractivity contribution is 6.49. The maximum Gasteiger partial charge on any atom is 0.0763 e. The molecule has 0 fully saturated rings. The van der Waals surface area contributed by atoms with E-state index in [1.807, 2.05) is 66.7 Å². The van der Waals surface area contributed by atoms with E-state index >= 15 is 0 Å². The van der Waals surface area contributed by atoms with Gasteiger partial charge in [-0.3, -0.25) is 0 Å². The largest absolute Gasteiger partial charge is 0.398 e. The van der Waals surface area contributed by atoms with Crippen molar-refractivity contribution in [2.45, 2.75) is 6.42 Å². The van der Waals surface area contributed by atoms with Crippen LogP contribution in [0.1, 0.15) is 23.1 Å². The first-order valence-electron chi connectivity index (χ1n) is 11.5. The molecule has 0 heterocycles. The second kappa shape index (κ2) is 9.60. The minimum Gasteiger partial charge on any atom is -0.398 e. The summed E-state index contributed by atoms with van der Waals surface area (Å²) in [6.07, 6.45) is 2.63. The molecule has 0 aliphatic heterocycles. The molecule has 0 amide bonds. The summed E-state index contributed by atoms with van der Waals surface area (Å²) in [5.74, 6) is 0. The third-order valence-electron chi connectivity index (χ3n) is 6.03. The number of allylic oxidation sites excluding steroid dienone is 5. The molecule has 0 spiro atoms. The number of nitrogens with zero attached hydrogens (tertiary/aromatic N) is 1. The van der Waals surface area contributed by atoms with E-state index in [4.69, 9.17) is 10.7 Å². The van der Waals surface area contributed by atoms with Crippen LogP contribution in [0, 0.1) is 0 Å². The van der Waals surface area contributed by atoms with Gasteiger partial charge < -0.3 is 5.73 Å². The zero-order valence-electron chi connectivity index (χ0n) is 19.0. The van der Waals surface area contributed by atoms with Gasteiger partial charge in [0.25, 0.3) is 0 Å². The number of para-hydroxylation sites is 2. The summed E-state index contributed by atoms with van der Waals surface area (Å²) in [4.78, 5) is 5.21. The lowest BCUT2D eigenvalue weighted by atomic mass is 9.89. The van der Waals surface area contributed by atoms with Gasteiger partial charge in [0.05, 0.1) is 11.4 Å². The fourth-order valence-corrected chi connectivity index (χ4v) is 4.56. The molecule has 2 heteroatoms. The Morgan fingerprint density at radius 2 is 1.15 bits per heavy atom. The van der Waals surface area contributed by atoms with E-state index in [-0.39, 0.29) is 0 Å². The summed E-state index contributed by atoms with van der Waals surface area (Å²) in [6.45, 7) is 4.07. The Balaban J connectivity index is 1.92. The molecule has 0 radical (unpaired) electrons. The van der Waals surface area contributed by atoms with Gasteiger partial charge in [-0.1, -0.05) is 103 Å². The zero-order chi connectivity index (χ0) is 23.3. The summed E-state index contributed by atoms with van der Waals surface area (Å²) in [5.41, 5.74) is 17.0.